The summed E-state index contributed by atoms with van der Waals surface area (Å²) in [5.41, 5.74) is 1.04. The van der Waals surface area contributed by atoms with Crippen molar-refractivity contribution in [3.8, 4) is 0 Å². The van der Waals surface area contributed by atoms with Gasteiger partial charge in [-0.05, 0) is 26.7 Å². The molecule has 1 aliphatic rings. The van der Waals surface area contributed by atoms with Crippen molar-refractivity contribution >= 4 is 15.9 Å². The molecule has 0 spiro atoms. The monoisotopic (exact) mass is 344 g/mol. The number of hydrogen-bond donors (Lipinski definition) is 2. The highest BCUT2D eigenvalue weighted by molar-refractivity contribution is 7.89. The van der Waals surface area contributed by atoms with E-state index in [1.54, 1.807) is 21.0 Å². The number of carbonyl (C=O) groups excluding carboxylic acids is 1. The molecule has 0 aromatic carbocycles. The lowest BCUT2D eigenvalue weighted by atomic mass is 10.1. The van der Waals surface area contributed by atoms with Crippen LogP contribution in [0.1, 0.15) is 30.7 Å². The second kappa shape index (κ2) is 7.41. The van der Waals surface area contributed by atoms with Gasteiger partial charge in [0.15, 0.2) is 0 Å². The molecule has 9 heteroatoms. The molecule has 0 aliphatic carbocycles. The van der Waals surface area contributed by atoms with Crippen molar-refractivity contribution in [3.63, 3.8) is 0 Å². The molecule has 1 saturated heterocycles. The molecule has 1 aliphatic heterocycles. The van der Waals surface area contributed by atoms with Crippen LogP contribution >= 0.6 is 0 Å². The van der Waals surface area contributed by atoms with Gasteiger partial charge in [0, 0.05) is 32.7 Å². The van der Waals surface area contributed by atoms with Crippen LogP contribution in [0, 0.1) is 13.8 Å². The van der Waals surface area contributed by atoms with E-state index in [-0.39, 0.29) is 16.8 Å². The summed E-state index contributed by atoms with van der Waals surface area (Å²) in [6.45, 7) is 4.55. The molecule has 2 heterocycles. The van der Waals surface area contributed by atoms with Gasteiger partial charge in [0.05, 0.1) is 18.0 Å². The highest BCUT2D eigenvalue weighted by Gasteiger charge is 2.33. The van der Waals surface area contributed by atoms with Crippen LogP contribution in [-0.4, -0.2) is 61.7 Å². The fraction of sp³-hybridized carbons (Fsp3) is 0.714. The molecule has 1 amide bonds. The molecule has 23 heavy (non-hydrogen) atoms. The largest absolute Gasteiger partial charge is 0.384 e. The molecule has 0 saturated carbocycles. The molecule has 8 nitrogen and oxygen atoms in total. The molecule has 1 aromatic heterocycles. The Morgan fingerprint density at radius 3 is 2.57 bits per heavy atom. The van der Waals surface area contributed by atoms with Gasteiger partial charge in [-0.15, -0.1) is 0 Å². The molecule has 0 radical (unpaired) electrons. The molecular weight excluding hydrogens is 320 g/mol. The van der Waals surface area contributed by atoms with Crippen LogP contribution < -0.4 is 5.32 Å². The molecule has 1 aromatic rings. The van der Waals surface area contributed by atoms with Crippen molar-refractivity contribution in [2.24, 2.45) is 0 Å². The van der Waals surface area contributed by atoms with E-state index in [1.807, 2.05) is 0 Å². The summed E-state index contributed by atoms with van der Waals surface area (Å²) in [5, 5.41) is 9.60. The number of methoxy groups -OCH3 is 1. The SMILES string of the molecule is COCCC(=O)NC1CCN(S(=O)(=O)c2c(C)n[nH]c2C)CC1. The predicted molar refractivity (Wildman–Crippen MR) is 84.5 cm³/mol. The number of ether oxygens (including phenoxy) is 1. The van der Waals surface area contributed by atoms with Crippen molar-refractivity contribution in [2.75, 3.05) is 26.8 Å². The summed E-state index contributed by atoms with van der Waals surface area (Å²) in [6.07, 6.45) is 1.53. The summed E-state index contributed by atoms with van der Waals surface area (Å²) < 4.78 is 31.8. The molecule has 130 valence electrons. The molecule has 0 unspecified atom stereocenters. The van der Waals surface area contributed by atoms with Gasteiger partial charge in [0.2, 0.25) is 15.9 Å². The van der Waals surface area contributed by atoms with E-state index in [0.717, 1.165) is 0 Å². The third kappa shape index (κ3) is 4.10. The van der Waals surface area contributed by atoms with Crippen LogP contribution in [0.15, 0.2) is 4.90 Å². The smallest absolute Gasteiger partial charge is 0.246 e. The fourth-order valence-electron chi connectivity index (χ4n) is 2.78. The van der Waals surface area contributed by atoms with Crippen LogP contribution in [0.25, 0.3) is 0 Å². The average Bonchev–Trinajstić information content (AvgIpc) is 2.85. The van der Waals surface area contributed by atoms with Crippen LogP contribution in [-0.2, 0) is 19.6 Å². The van der Waals surface area contributed by atoms with Crippen molar-refractivity contribution in [2.45, 2.75) is 44.0 Å². The van der Waals surface area contributed by atoms with E-state index >= 15 is 0 Å². The Morgan fingerprint density at radius 1 is 1.39 bits per heavy atom. The van der Waals surface area contributed by atoms with E-state index in [2.05, 4.69) is 15.5 Å². The van der Waals surface area contributed by atoms with Crippen LogP contribution in [0.3, 0.4) is 0 Å². The molecule has 1 fully saturated rings. The quantitative estimate of drug-likeness (QED) is 0.774. The number of hydrogen-bond acceptors (Lipinski definition) is 5. The Labute approximate surface area is 136 Å². The zero-order valence-electron chi connectivity index (χ0n) is 13.8. The van der Waals surface area contributed by atoms with Gasteiger partial charge in [-0.2, -0.15) is 9.40 Å². The van der Waals surface area contributed by atoms with Crippen LogP contribution in [0.4, 0.5) is 0 Å². The predicted octanol–water partition coefficient (Wildman–Crippen LogP) is 0.332. The second-order valence-electron chi connectivity index (χ2n) is 5.75. The minimum atomic E-state index is -3.54. The Hall–Kier alpha value is -1.45. The molecule has 0 atom stereocenters. The van der Waals surface area contributed by atoms with Gasteiger partial charge in [-0.3, -0.25) is 9.89 Å². The number of aromatic nitrogens is 2. The lowest BCUT2D eigenvalue weighted by Crippen LogP contribution is -2.46. The Balaban J connectivity index is 1.95. The zero-order valence-corrected chi connectivity index (χ0v) is 14.6. The van der Waals surface area contributed by atoms with Crippen molar-refractivity contribution in [1.82, 2.24) is 19.8 Å². The van der Waals surface area contributed by atoms with Crippen molar-refractivity contribution in [3.05, 3.63) is 11.4 Å². The first kappa shape index (κ1) is 17.9. The van der Waals surface area contributed by atoms with E-state index < -0.39 is 10.0 Å². The first-order chi connectivity index (χ1) is 10.9. The number of H-pyrrole nitrogens is 1. The Morgan fingerprint density at radius 2 is 2.04 bits per heavy atom. The number of carbonyl (C=O) groups is 1. The average molecular weight is 344 g/mol. The number of aromatic amines is 1. The third-order valence-corrected chi connectivity index (χ3v) is 6.17. The standard InChI is InChI=1S/C14H24N4O4S/c1-10-14(11(2)17-16-10)23(20,21)18-7-4-12(5-8-18)15-13(19)6-9-22-3/h12H,4-9H2,1-3H3,(H,15,19)(H,16,17). The number of piperidine rings is 1. The fourth-order valence-corrected chi connectivity index (χ4v) is 4.59. The van der Waals surface area contributed by atoms with Crippen molar-refractivity contribution in [1.29, 1.82) is 0 Å². The highest BCUT2D eigenvalue weighted by Crippen LogP contribution is 2.24. The second-order valence-corrected chi connectivity index (χ2v) is 7.63. The Bertz CT molecular complexity index is 628. The number of nitrogens with zero attached hydrogens (tertiary/aromatic N) is 2. The first-order valence-electron chi connectivity index (χ1n) is 7.66. The van der Waals surface area contributed by atoms with Crippen molar-refractivity contribution < 1.29 is 17.9 Å². The number of nitrogens with one attached hydrogen (secondary N) is 2. The minimum Gasteiger partial charge on any atom is -0.384 e. The van der Waals surface area contributed by atoms with Crippen LogP contribution in [0.5, 0.6) is 0 Å². The topological polar surface area (TPSA) is 104 Å². The lowest BCUT2D eigenvalue weighted by Gasteiger charge is -2.31. The number of aryl methyl sites for hydroxylation is 2. The summed E-state index contributed by atoms with van der Waals surface area (Å²) in [5.74, 6) is -0.0605. The lowest BCUT2D eigenvalue weighted by molar-refractivity contribution is -0.122. The highest BCUT2D eigenvalue weighted by atomic mass is 32.2. The molecule has 2 N–H and O–H groups in total. The summed E-state index contributed by atoms with van der Waals surface area (Å²) >= 11 is 0. The van der Waals surface area contributed by atoms with E-state index in [9.17, 15) is 13.2 Å². The van der Waals surface area contributed by atoms with E-state index in [4.69, 9.17) is 4.74 Å². The summed E-state index contributed by atoms with van der Waals surface area (Å²) in [4.78, 5) is 12.0. The van der Waals surface area contributed by atoms with Gasteiger partial charge < -0.3 is 10.1 Å². The van der Waals surface area contributed by atoms with Gasteiger partial charge in [0.1, 0.15) is 4.90 Å². The zero-order chi connectivity index (χ0) is 17.0. The molecule has 2 rings (SSSR count). The molecular formula is C14H24N4O4S. The number of sulfonamides is 1. The maximum absolute atomic E-state index is 12.7. The summed E-state index contributed by atoms with van der Waals surface area (Å²) in [7, 11) is -1.99. The molecule has 0 bridgehead atoms. The van der Waals surface area contributed by atoms with Gasteiger partial charge >= 0.3 is 0 Å². The normalized spacial score (nSPS) is 17.3. The van der Waals surface area contributed by atoms with E-state index in [0.29, 0.717) is 50.3 Å². The number of rotatable bonds is 6. The number of amides is 1. The first-order valence-corrected chi connectivity index (χ1v) is 9.10. The van der Waals surface area contributed by atoms with Crippen LogP contribution in [0.2, 0.25) is 0 Å². The van der Waals surface area contributed by atoms with Gasteiger partial charge in [-0.25, -0.2) is 8.42 Å². The maximum atomic E-state index is 12.7. The minimum absolute atomic E-state index is 0.0114. The summed E-state index contributed by atoms with van der Waals surface area (Å²) in [6, 6.07) is 0.0114. The van der Waals surface area contributed by atoms with Gasteiger partial charge in [0.25, 0.3) is 0 Å². The Kier molecular flexibility index (Phi) is 5.77. The van der Waals surface area contributed by atoms with E-state index in [1.165, 1.54) is 4.31 Å². The maximum Gasteiger partial charge on any atom is 0.246 e. The van der Waals surface area contributed by atoms with Gasteiger partial charge in [-0.1, -0.05) is 0 Å². The third-order valence-electron chi connectivity index (χ3n) is 4.01.